The summed E-state index contributed by atoms with van der Waals surface area (Å²) >= 11 is 0. The molecule has 0 saturated carbocycles. The maximum atomic E-state index is 13.1. The van der Waals surface area contributed by atoms with E-state index in [4.69, 9.17) is 5.73 Å². The first kappa shape index (κ1) is 21.7. The zero-order chi connectivity index (χ0) is 22.9. The number of amides is 1. The van der Waals surface area contributed by atoms with Gasteiger partial charge in [0.2, 0.25) is 5.91 Å². The number of benzene rings is 3. The number of carbonyl (C=O) groups is 1. The monoisotopic (exact) mass is 451 g/mol. The van der Waals surface area contributed by atoms with Gasteiger partial charge in [-0.05, 0) is 53.1 Å². The van der Waals surface area contributed by atoms with Crippen LogP contribution < -0.4 is 5.73 Å². The number of carbonyl (C=O) groups excluding carboxylic acids is 1. The van der Waals surface area contributed by atoms with Gasteiger partial charge in [0, 0.05) is 19.0 Å². The summed E-state index contributed by atoms with van der Waals surface area (Å²) in [6, 6.07) is 19.0. The van der Waals surface area contributed by atoms with Crippen LogP contribution >= 0.6 is 0 Å². The molecular weight excluding hydrogens is 429 g/mol. The largest absolute Gasteiger partial charge is 0.399 e. The van der Waals surface area contributed by atoms with Crippen LogP contribution in [0.3, 0.4) is 0 Å². The standard InChI is InChI=1S/C24H22FN3O3S/c1-16(29)28-24(19-6-10-21(26)11-7-19)14-23(27-28)18-4-2-17(3-5-18)15-32(30,31)22-12-8-20(25)9-13-22/h2-13,24H,14-15,26H2,1H3. The van der Waals surface area contributed by atoms with E-state index in [1.54, 1.807) is 36.4 Å². The average Bonchev–Trinajstić information content (AvgIpc) is 3.21. The van der Waals surface area contributed by atoms with Crippen molar-refractivity contribution in [2.45, 2.75) is 30.0 Å². The first-order valence-corrected chi connectivity index (χ1v) is 11.7. The van der Waals surface area contributed by atoms with E-state index in [1.165, 1.54) is 24.1 Å². The molecule has 1 atom stereocenters. The number of anilines is 1. The van der Waals surface area contributed by atoms with Gasteiger partial charge in [0.15, 0.2) is 9.84 Å². The van der Waals surface area contributed by atoms with Crippen molar-refractivity contribution in [3.63, 3.8) is 0 Å². The molecule has 0 radical (unpaired) electrons. The summed E-state index contributed by atoms with van der Waals surface area (Å²) in [4.78, 5) is 12.2. The van der Waals surface area contributed by atoms with Crippen LogP contribution in [-0.4, -0.2) is 25.0 Å². The molecule has 0 spiro atoms. The zero-order valence-corrected chi connectivity index (χ0v) is 18.2. The highest BCUT2D eigenvalue weighted by Crippen LogP contribution is 2.33. The Morgan fingerprint density at radius 1 is 1.03 bits per heavy atom. The minimum absolute atomic E-state index is 0.0755. The van der Waals surface area contributed by atoms with Gasteiger partial charge in [-0.3, -0.25) is 4.79 Å². The van der Waals surface area contributed by atoms with Crippen molar-refractivity contribution in [3.05, 3.63) is 95.3 Å². The summed E-state index contributed by atoms with van der Waals surface area (Å²) in [7, 11) is -3.59. The molecule has 3 aromatic rings. The predicted molar refractivity (Wildman–Crippen MR) is 121 cm³/mol. The lowest BCUT2D eigenvalue weighted by Crippen LogP contribution is -2.24. The molecule has 8 heteroatoms. The van der Waals surface area contributed by atoms with Crippen molar-refractivity contribution < 1.29 is 17.6 Å². The number of nitrogens with two attached hydrogens (primary N) is 1. The number of hydrazone groups is 1. The first-order chi connectivity index (χ1) is 15.2. The van der Waals surface area contributed by atoms with Gasteiger partial charge in [0.25, 0.3) is 0 Å². The minimum Gasteiger partial charge on any atom is -0.399 e. The molecule has 0 aromatic heterocycles. The Balaban J connectivity index is 1.53. The molecule has 1 unspecified atom stereocenters. The number of halogens is 1. The second kappa shape index (κ2) is 8.55. The van der Waals surface area contributed by atoms with Crippen molar-refractivity contribution in [1.82, 2.24) is 5.01 Å². The molecular formula is C24H22FN3O3S. The molecule has 0 saturated heterocycles. The van der Waals surface area contributed by atoms with Crippen LogP contribution in [0.25, 0.3) is 0 Å². The lowest BCUT2D eigenvalue weighted by Gasteiger charge is -2.20. The van der Waals surface area contributed by atoms with Crippen molar-refractivity contribution in [2.75, 3.05) is 5.73 Å². The van der Waals surface area contributed by atoms with E-state index in [-0.39, 0.29) is 22.6 Å². The second-order valence-electron chi connectivity index (χ2n) is 7.71. The fraction of sp³-hybridized carbons (Fsp3) is 0.167. The molecule has 1 heterocycles. The first-order valence-electron chi connectivity index (χ1n) is 10.0. The highest BCUT2D eigenvalue weighted by Gasteiger charge is 2.31. The van der Waals surface area contributed by atoms with Gasteiger partial charge in [-0.1, -0.05) is 36.4 Å². The Morgan fingerprint density at radius 3 is 2.25 bits per heavy atom. The number of nitrogen functional groups attached to an aromatic ring is 1. The zero-order valence-electron chi connectivity index (χ0n) is 17.4. The Hall–Kier alpha value is -3.52. The third-order valence-electron chi connectivity index (χ3n) is 5.37. The Labute approximate surface area is 186 Å². The molecule has 6 nitrogen and oxygen atoms in total. The van der Waals surface area contributed by atoms with E-state index in [0.29, 0.717) is 17.7 Å². The Bertz CT molecular complexity index is 1270. The lowest BCUT2D eigenvalue weighted by molar-refractivity contribution is -0.130. The number of rotatable bonds is 5. The summed E-state index contributed by atoms with van der Waals surface area (Å²) < 4.78 is 38.3. The SMILES string of the molecule is CC(=O)N1N=C(c2ccc(CS(=O)(=O)c3ccc(F)cc3)cc2)CC1c1ccc(N)cc1. The number of sulfone groups is 1. The van der Waals surface area contributed by atoms with Gasteiger partial charge in [0.05, 0.1) is 22.4 Å². The lowest BCUT2D eigenvalue weighted by atomic mass is 9.98. The van der Waals surface area contributed by atoms with Crippen molar-refractivity contribution in [2.24, 2.45) is 5.10 Å². The van der Waals surface area contributed by atoms with Crippen LogP contribution in [0.2, 0.25) is 0 Å². The van der Waals surface area contributed by atoms with Crippen LogP contribution in [-0.2, 0) is 20.4 Å². The molecule has 0 aliphatic carbocycles. The molecule has 1 aliphatic heterocycles. The third kappa shape index (κ3) is 4.55. The van der Waals surface area contributed by atoms with E-state index in [1.807, 2.05) is 12.1 Å². The van der Waals surface area contributed by atoms with Crippen LogP contribution in [0, 0.1) is 5.82 Å². The molecule has 32 heavy (non-hydrogen) atoms. The van der Waals surface area contributed by atoms with E-state index in [2.05, 4.69) is 5.10 Å². The van der Waals surface area contributed by atoms with Gasteiger partial charge >= 0.3 is 0 Å². The summed E-state index contributed by atoms with van der Waals surface area (Å²) in [5, 5.41) is 5.98. The fourth-order valence-corrected chi connectivity index (χ4v) is 5.04. The predicted octanol–water partition coefficient (Wildman–Crippen LogP) is 4.08. The topological polar surface area (TPSA) is 92.8 Å². The van der Waals surface area contributed by atoms with Crippen LogP contribution in [0.4, 0.5) is 10.1 Å². The van der Waals surface area contributed by atoms with Gasteiger partial charge in [-0.2, -0.15) is 5.10 Å². The molecule has 4 rings (SSSR count). The molecule has 164 valence electrons. The molecule has 0 fully saturated rings. The summed E-state index contributed by atoms with van der Waals surface area (Å²) in [5.41, 5.74) is 9.53. The second-order valence-corrected chi connectivity index (χ2v) is 9.70. The third-order valence-corrected chi connectivity index (χ3v) is 7.07. The molecule has 1 amide bonds. The maximum Gasteiger partial charge on any atom is 0.240 e. The number of hydrogen-bond acceptors (Lipinski definition) is 5. The normalized spacial score (nSPS) is 16.1. The summed E-state index contributed by atoms with van der Waals surface area (Å²) in [5.74, 6) is -0.842. The van der Waals surface area contributed by atoms with Crippen LogP contribution in [0.1, 0.15) is 36.1 Å². The van der Waals surface area contributed by atoms with Crippen LogP contribution in [0.5, 0.6) is 0 Å². The summed E-state index contributed by atoms with van der Waals surface area (Å²) in [6.45, 7) is 1.47. The fourth-order valence-electron chi connectivity index (χ4n) is 3.69. The Kier molecular flexibility index (Phi) is 5.80. The van der Waals surface area contributed by atoms with E-state index >= 15 is 0 Å². The number of hydrogen-bond donors (Lipinski definition) is 1. The van der Waals surface area contributed by atoms with Gasteiger partial charge < -0.3 is 5.73 Å². The van der Waals surface area contributed by atoms with E-state index in [9.17, 15) is 17.6 Å². The summed E-state index contributed by atoms with van der Waals surface area (Å²) in [6.07, 6.45) is 0.538. The van der Waals surface area contributed by atoms with E-state index in [0.717, 1.165) is 29.0 Å². The minimum atomic E-state index is -3.59. The van der Waals surface area contributed by atoms with Gasteiger partial charge in [-0.25, -0.2) is 17.8 Å². The molecule has 0 bridgehead atoms. The molecule has 1 aliphatic rings. The van der Waals surface area contributed by atoms with Crippen molar-refractivity contribution in [1.29, 1.82) is 0 Å². The Morgan fingerprint density at radius 2 is 1.66 bits per heavy atom. The highest BCUT2D eigenvalue weighted by atomic mass is 32.2. The molecule has 3 aromatic carbocycles. The average molecular weight is 452 g/mol. The number of nitrogens with zero attached hydrogens (tertiary/aromatic N) is 2. The van der Waals surface area contributed by atoms with Gasteiger partial charge in [-0.15, -0.1) is 0 Å². The quantitative estimate of drug-likeness (QED) is 0.467. The smallest absolute Gasteiger partial charge is 0.240 e. The highest BCUT2D eigenvalue weighted by molar-refractivity contribution is 7.90. The van der Waals surface area contributed by atoms with E-state index < -0.39 is 15.7 Å². The van der Waals surface area contributed by atoms with Crippen molar-refractivity contribution in [3.8, 4) is 0 Å². The molecule has 2 N–H and O–H groups in total. The van der Waals surface area contributed by atoms with Gasteiger partial charge in [0.1, 0.15) is 5.82 Å². The van der Waals surface area contributed by atoms with Crippen LogP contribution in [0.15, 0.2) is 82.8 Å². The van der Waals surface area contributed by atoms with Crippen molar-refractivity contribution >= 4 is 27.1 Å². The maximum absolute atomic E-state index is 13.1.